The van der Waals surface area contributed by atoms with Crippen molar-refractivity contribution in [2.75, 3.05) is 13.4 Å². The van der Waals surface area contributed by atoms with Crippen LogP contribution in [0.3, 0.4) is 0 Å². The predicted octanol–water partition coefficient (Wildman–Crippen LogP) is 4.96. The molecule has 116 valence electrons. The van der Waals surface area contributed by atoms with Gasteiger partial charge in [0.1, 0.15) is 10.8 Å². The van der Waals surface area contributed by atoms with E-state index in [2.05, 4.69) is 20.9 Å². The van der Waals surface area contributed by atoms with Crippen LogP contribution in [0.25, 0.3) is 10.9 Å². The number of hydrogen-bond acceptors (Lipinski definition) is 4. The molecule has 0 fully saturated rings. The number of methoxy groups -OCH3 is 1. The summed E-state index contributed by atoms with van der Waals surface area (Å²) in [7, 11) is 1.63. The smallest absolute Gasteiger partial charge is 0.196 e. The van der Waals surface area contributed by atoms with Crippen LogP contribution in [-0.4, -0.2) is 24.1 Å². The van der Waals surface area contributed by atoms with E-state index in [-0.39, 0.29) is 5.78 Å². The molecule has 0 N–H and O–H groups in total. The minimum Gasteiger partial charge on any atom is -0.497 e. The van der Waals surface area contributed by atoms with Crippen molar-refractivity contribution < 1.29 is 9.53 Å². The molecule has 0 radical (unpaired) electrons. The van der Waals surface area contributed by atoms with Gasteiger partial charge in [-0.15, -0.1) is 11.8 Å². The summed E-state index contributed by atoms with van der Waals surface area (Å²) in [6, 6.07) is 15.0. The van der Waals surface area contributed by atoms with Crippen LogP contribution in [0, 0.1) is 0 Å². The Morgan fingerprint density at radius 3 is 2.61 bits per heavy atom. The number of ether oxygens (including phenoxy) is 1. The standard InChI is InChI=1S/C18H14BrNO2S/c1-22-12-8-7-11-9-14(18(23-2)20-16(11)10-12)17(21)13-5-3-4-6-15(13)19/h3-10H,1-2H3. The van der Waals surface area contributed by atoms with Crippen molar-refractivity contribution in [3.05, 3.63) is 64.1 Å². The summed E-state index contributed by atoms with van der Waals surface area (Å²) in [5, 5.41) is 1.63. The Morgan fingerprint density at radius 1 is 1.13 bits per heavy atom. The van der Waals surface area contributed by atoms with Gasteiger partial charge in [0.25, 0.3) is 0 Å². The van der Waals surface area contributed by atoms with Gasteiger partial charge in [-0.3, -0.25) is 4.79 Å². The van der Waals surface area contributed by atoms with Gasteiger partial charge in [-0.05, 0) is 36.6 Å². The van der Waals surface area contributed by atoms with Crippen molar-refractivity contribution in [1.29, 1.82) is 0 Å². The number of aromatic nitrogens is 1. The largest absolute Gasteiger partial charge is 0.497 e. The second-order valence-electron chi connectivity index (χ2n) is 4.91. The molecular weight excluding hydrogens is 374 g/mol. The molecule has 1 heterocycles. The summed E-state index contributed by atoms with van der Waals surface area (Å²) in [6.45, 7) is 0. The van der Waals surface area contributed by atoms with E-state index in [9.17, 15) is 4.79 Å². The van der Waals surface area contributed by atoms with Crippen molar-refractivity contribution >= 4 is 44.4 Å². The number of rotatable bonds is 4. The van der Waals surface area contributed by atoms with Gasteiger partial charge in [0, 0.05) is 21.5 Å². The lowest BCUT2D eigenvalue weighted by atomic mass is 10.0. The fourth-order valence-corrected chi connectivity index (χ4v) is 3.39. The average Bonchev–Trinajstić information content (AvgIpc) is 2.59. The maximum atomic E-state index is 12.9. The first-order valence-electron chi connectivity index (χ1n) is 6.96. The van der Waals surface area contributed by atoms with E-state index in [0.29, 0.717) is 16.2 Å². The molecular formula is C18H14BrNO2S. The fraction of sp³-hybridized carbons (Fsp3) is 0.111. The summed E-state index contributed by atoms with van der Waals surface area (Å²) in [4.78, 5) is 17.5. The lowest BCUT2D eigenvalue weighted by Crippen LogP contribution is -2.05. The molecule has 23 heavy (non-hydrogen) atoms. The van der Waals surface area contributed by atoms with E-state index in [0.717, 1.165) is 21.1 Å². The van der Waals surface area contributed by atoms with E-state index in [1.165, 1.54) is 11.8 Å². The number of ketones is 1. The Balaban J connectivity index is 2.17. The number of halogens is 1. The Kier molecular flexibility index (Phi) is 4.68. The molecule has 3 nitrogen and oxygen atoms in total. The Labute approximate surface area is 147 Å². The maximum Gasteiger partial charge on any atom is 0.196 e. The molecule has 0 aliphatic heterocycles. The molecule has 0 spiro atoms. The topological polar surface area (TPSA) is 39.2 Å². The lowest BCUT2D eigenvalue weighted by Gasteiger charge is -2.10. The van der Waals surface area contributed by atoms with Crippen molar-refractivity contribution in [2.24, 2.45) is 0 Å². The number of fused-ring (bicyclic) bond motifs is 1. The molecule has 0 unspecified atom stereocenters. The highest BCUT2D eigenvalue weighted by Crippen LogP contribution is 2.29. The van der Waals surface area contributed by atoms with Gasteiger partial charge in [0.15, 0.2) is 5.78 Å². The van der Waals surface area contributed by atoms with Crippen LogP contribution < -0.4 is 4.74 Å². The first kappa shape index (κ1) is 16.0. The minimum atomic E-state index is -0.0351. The van der Waals surface area contributed by atoms with Crippen LogP contribution in [0.2, 0.25) is 0 Å². The number of carbonyl (C=O) groups is 1. The fourth-order valence-electron chi connectivity index (χ4n) is 2.36. The number of hydrogen-bond donors (Lipinski definition) is 0. The normalized spacial score (nSPS) is 10.7. The summed E-state index contributed by atoms with van der Waals surface area (Å²) < 4.78 is 6.02. The third-order valence-electron chi connectivity index (χ3n) is 3.55. The van der Waals surface area contributed by atoms with Crippen LogP contribution in [0.1, 0.15) is 15.9 Å². The third-order valence-corrected chi connectivity index (χ3v) is 4.94. The second-order valence-corrected chi connectivity index (χ2v) is 6.56. The third kappa shape index (κ3) is 3.12. The van der Waals surface area contributed by atoms with E-state index in [4.69, 9.17) is 4.74 Å². The molecule has 0 saturated carbocycles. The van der Waals surface area contributed by atoms with Gasteiger partial charge in [-0.25, -0.2) is 4.98 Å². The molecule has 5 heteroatoms. The maximum absolute atomic E-state index is 12.9. The summed E-state index contributed by atoms with van der Waals surface area (Å²) in [5.74, 6) is 0.717. The highest BCUT2D eigenvalue weighted by molar-refractivity contribution is 9.10. The van der Waals surface area contributed by atoms with Gasteiger partial charge in [-0.2, -0.15) is 0 Å². The minimum absolute atomic E-state index is 0.0351. The monoisotopic (exact) mass is 387 g/mol. The first-order valence-corrected chi connectivity index (χ1v) is 8.98. The zero-order valence-corrected chi connectivity index (χ0v) is 15.1. The molecule has 0 atom stereocenters. The van der Waals surface area contributed by atoms with Crippen LogP contribution in [0.4, 0.5) is 0 Å². The van der Waals surface area contributed by atoms with E-state index in [1.54, 1.807) is 7.11 Å². The molecule has 0 aliphatic carbocycles. The molecule has 1 aromatic heterocycles. The van der Waals surface area contributed by atoms with Crippen LogP contribution in [0.15, 0.2) is 58.0 Å². The van der Waals surface area contributed by atoms with Gasteiger partial charge in [0.05, 0.1) is 18.2 Å². The van der Waals surface area contributed by atoms with Crippen LogP contribution in [0.5, 0.6) is 5.75 Å². The molecule has 3 rings (SSSR count). The van der Waals surface area contributed by atoms with Crippen LogP contribution >= 0.6 is 27.7 Å². The Hall–Kier alpha value is -1.85. The molecule has 2 aromatic carbocycles. The van der Waals surface area contributed by atoms with Crippen molar-refractivity contribution in [2.45, 2.75) is 5.03 Å². The van der Waals surface area contributed by atoms with E-state index >= 15 is 0 Å². The van der Waals surface area contributed by atoms with Crippen molar-refractivity contribution in [3.8, 4) is 5.75 Å². The quantitative estimate of drug-likeness (QED) is 0.468. The molecule has 0 aliphatic rings. The van der Waals surface area contributed by atoms with E-state index in [1.807, 2.05) is 54.8 Å². The van der Waals surface area contributed by atoms with E-state index < -0.39 is 0 Å². The van der Waals surface area contributed by atoms with Gasteiger partial charge in [-0.1, -0.05) is 28.1 Å². The highest BCUT2D eigenvalue weighted by atomic mass is 79.9. The SMILES string of the molecule is COc1ccc2cc(C(=O)c3ccccc3Br)c(SC)nc2c1. The zero-order chi connectivity index (χ0) is 16.4. The first-order chi connectivity index (χ1) is 11.1. The zero-order valence-electron chi connectivity index (χ0n) is 12.7. The molecule has 3 aromatic rings. The number of pyridine rings is 1. The second kappa shape index (κ2) is 6.72. The average molecular weight is 388 g/mol. The van der Waals surface area contributed by atoms with Crippen molar-refractivity contribution in [1.82, 2.24) is 4.98 Å². The lowest BCUT2D eigenvalue weighted by molar-refractivity contribution is 0.103. The predicted molar refractivity (Wildman–Crippen MR) is 97.7 cm³/mol. The number of thioether (sulfide) groups is 1. The molecule has 0 amide bonds. The molecule has 0 bridgehead atoms. The molecule has 0 saturated heterocycles. The number of nitrogens with zero attached hydrogens (tertiary/aromatic N) is 1. The van der Waals surface area contributed by atoms with Gasteiger partial charge < -0.3 is 4.74 Å². The Bertz CT molecular complexity index is 895. The summed E-state index contributed by atoms with van der Waals surface area (Å²) in [5.41, 5.74) is 2.07. The van der Waals surface area contributed by atoms with Gasteiger partial charge in [0.2, 0.25) is 0 Å². The van der Waals surface area contributed by atoms with Crippen molar-refractivity contribution in [3.63, 3.8) is 0 Å². The summed E-state index contributed by atoms with van der Waals surface area (Å²) in [6.07, 6.45) is 1.92. The Morgan fingerprint density at radius 2 is 1.91 bits per heavy atom. The van der Waals surface area contributed by atoms with Gasteiger partial charge >= 0.3 is 0 Å². The summed E-state index contributed by atoms with van der Waals surface area (Å²) >= 11 is 4.91. The number of carbonyl (C=O) groups excluding carboxylic acids is 1. The van der Waals surface area contributed by atoms with Crippen LogP contribution in [-0.2, 0) is 0 Å². The number of benzene rings is 2. The highest BCUT2D eigenvalue weighted by Gasteiger charge is 2.18.